The van der Waals surface area contributed by atoms with Gasteiger partial charge in [-0.3, -0.25) is 0 Å². The summed E-state index contributed by atoms with van der Waals surface area (Å²) in [6, 6.07) is 0. The Kier molecular flexibility index (Phi) is 4.65. The second kappa shape index (κ2) is 4.98. The molecule has 0 N–H and O–H groups in total. The van der Waals surface area contributed by atoms with Crippen LogP contribution in [-0.2, 0) is 0 Å². The molecule has 0 saturated heterocycles. The maximum absolute atomic E-state index is 3.23. The SMILES string of the molecule is CC(=C=CC(C)C)C=C(C)C. The summed E-state index contributed by atoms with van der Waals surface area (Å²) in [6.45, 7) is 10.6. The minimum atomic E-state index is 0.593. The molecule has 0 atom stereocenters. The van der Waals surface area contributed by atoms with Crippen molar-refractivity contribution in [1.82, 2.24) is 0 Å². The minimum Gasteiger partial charge on any atom is -0.122 e. The number of allylic oxidation sites excluding steroid dienone is 3. The fourth-order valence-corrected chi connectivity index (χ4v) is 0.773. The average Bonchev–Trinajstić information content (AvgIpc) is 1.82. The van der Waals surface area contributed by atoms with Crippen LogP contribution in [0.25, 0.3) is 0 Å². The predicted molar refractivity (Wildman–Crippen MR) is 51.5 cm³/mol. The lowest BCUT2D eigenvalue weighted by atomic mass is 10.2. The van der Waals surface area contributed by atoms with Crippen molar-refractivity contribution in [2.75, 3.05) is 0 Å². The lowest BCUT2D eigenvalue weighted by molar-refractivity contribution is 0.833. The molecule has 0 unspecified atom stereocenters. The Balaban J connectivity index is 4.34. The van der Waals surface area contributed by atoms with E-state index in [9.17, 15) is 0 Å². The topological polar surface area (TPSA) is 0 Å². The monoisotopic (exact) mass is 150 g/mol. The summed E-state index contributed by atoms with van der Waals surface area (Å²) in [5, 5.41) is 0. The number of hydrogen-bond acceptors (Lipinski definition) is 0. The first-order chi connectivity index (χ1) is 5.02. The van der Waals surface area contributed by atoms with E-state index >= 15 is 0 Å². The van der Waals surface area contributed by atoms with Gasteiger partial charge in [0, 0.05) is 0 Å². The van der Waals surface area contributed by atoms with Gasteiger partial charge in [0.1, 0.15) is 0 Å². The van der Waals surface area contributed by atoms with Crippen LogP contribution < -0.4 is 0 Å². The fraction of sp³-hybridized carbons (Fsp3) is 0.545. The molecule has 0 amide bonds. The Morgan fingerprint density at radius 3 is 2.09 bits per heavy atom. The number of hydrogen-bond donors (Lipinski definition) is 0. The maximum atomic E-state index is 3.23. The smallest absolute Gasteiger partial charge is 0.00953 e. The van der Waals surface area contributed by atoms with Crippen LogP contribution >= 0.6 is 0 Å². The summed E-state index contributed by atoms with van der Waals surface area (Å²) in [4.78, 5) is 0. The van der Waals surface area contributed by atoms with Crippen molar-refractivity contribution in [3.63, 3.8) is 0 Å². The van der Waals surface area contributed by atoms with E-state index in [4.69, 9.17) is 0 Å². The van der Waals surface area contributed by atoms with E-state index in [0.717, 1.165) is 0 Å². The van der Waals surface area contributed by atoms with Gasteiger partial charge in [-0.05, 0) is 38.3 Å². The first-order valence-electron chi connectivity index (χ1n) is 4.10. The van der Waals surface area contributed by atoms with Crippen molar-refractivity contribution in [2.45, 2.75) is 34.6 Å². The van der Waals surface area contributed by atoms with Crippen LogP contribution in [0.3, 0.4) is 0 Å². The normalized spacial score (nSPS) is 8.91. The largest absolute Gasteiger partial charge is 0.122 e. The van der Waals surface area contributed by atoms with Gasteiger partial charge in [-0.1, -0.05) is 25.5 Å². The standard InChI is InChI=1S/C11H18/c1-9(2)6-7-11(5)8-10(3)4/h6,8-9H,1-5H3. The summed E-state index contributed by atoms with van der Waals surface area (Å²) in [6.07, 6.45) is 4.23. The summed E-state index contributed by atoms with van der Waals surface area (Å²) in [5.41, 5.74) is 5.76. The van der Waals surface area contributed by atoms with E-state index in [2.05, 4.69) is 52.5 Å². The van der Waals surface area contributed by atoms with E-state index in [1.54, 1.807) is 0 Å². The van der Waals surface area contributed by atoms with Gasteiger partial charge in [0.25, 0.3) is 0 Å². The molecule has 0 nitrogen and oxygen atoms in total. The summed E-state index contributed by atoms with van der Waals surface area (Å²) in [7, 11) is 0. The van der Waals surface area contributed by atoms with Gasteiger partial charge < -0.3 is 0 Å². The van der Waals surface area contributed by atoms with Gasteiger partial charge in [-0.25, -0.2) is 0 Å². The van der Waals surface area contributed by atoms with Crippen molar-refractivity contribution in [2.24, 2.45) is 5.92 Å². The zero-order valence-corrected chi connectivity index (χ0v) is 8.23. The molecule has 62 valence electrons. The molecule has 0 aliphatic rings. The summed E-state index contributed by atoms with van der Waals surface area (Å²) >= 11 is 0. The molecule has 0 spiro atoms. The molecule has 0 fully saturated rings. The molecular formula is C11H18. The maximum Gasteiger partial charge on any atom is -0.00953 e. The first-order valence-corrected chi connectivity index (χ1v) is 4.10. The second-order valence-corrected chi connectivity index (χ2v) is 3.46. The molecule has 0 radical (unpaired) electrons. The Bertz CT molecular complexity index is 194. The van der Waals surface area contributed by atoms with Crippen LogP contribution in [0.4, 0.5) is 0 Å². The highest BCUT2D eigenvalue weighted by atomic mass is 13.9. The van der Waals surface area contributed by atoms with Crippen LogP contribution in [0.5, 0.6) is 0 Å². The molecule has 0 aromatic heterocycles. The minimum absolute atomic E-state index is 0.593. The van der Waals surface area contributed by atoms with Crippen LogP contribution in [0.15, 0.2) is 29.0 Å². The average molecular weight is 150 g/mol. The van der Waals surface area contributed by atoms with Gasteiger partial charge in [0.15, 0.2) is 0 Å². The molecule has 0 aromatic rings. The fourth-order valence-electron chi connectivity index (χ4n) is 0.773. The van der Waals surface area contributed by atoms with E-state index in [-0.39, 0.29) is 0 Å². The Hall–Kier alpha value is -0.740. The highest BCUT2D eigenvalue weighted by Gasteiger charge is 1.82. The van der Waals surface area contributed by atoms with Gasteiger partial charge in [0.05, 0.1) is 0 Å². The predicted octanol–water partition coefficient (Wildman–Crippen LogP) is 3.71. The molecule has 0 aromatic carbocycles. The van der Waals surface area contributed by atoms with Crippen molar-refractivity contribution >= 4 is 0 Å². The third kappa shape index (κ3) is 7.15. The molecule has 0 heterocycles. The zero-order chi connectivity index (χ0) is 8.85. The van der Waals surface area contributed by atoms with E-state index in [1.807, 2.05) is 0 Å². The van der Waals surface area contributed by atoms with E-state index in [1.165, 1.54) is 11.1 Å². The van der Waals surface area contributed by atoms with Crippen molar-refractivity contribution in [3.8, 4) is 0 Å². The third-order valence-corrected chi connectivity index (χ3v) is 1.15. The molecule has 0 aliphatic carbocycles. The molecule has 0 heteroatoms. The quantitative estimate of drug-likeness (QED) is 0.416. The second-order valence-electron chi connectivity index (χ2n) is 3.46. The third-order valence-electron chi connectivity index (χ3n) is 1.15. The first kappa shape index (κ1) is 10.3. The van der Waals surface area contributed by atoms with Gasteiger partial charge in [-0.2, -0.15) is 0 Å². The molecule has 0 saturated carbocycles. The molecular weight excluding hydrogens is 132 g/mol. The molecule has 0 aliphatic heterocycles. The van der Waals surface area contributed by atoms with Crippen LogP contribution in [-0.4, -0.2) is 0 Å². The van der Waals surface area contributed by atoms with Crippen LogP contribution in [0, 0.1) is 5.92 Å². The molecule has 11 heavy (non-hydrogen) atoms. The van der Waals surface area contributed by atoms with Gasteiger partial charge >= 0.3 is 0 Å². The summed E-state index contributed by atoms with van der Waals surface area (Å²) in [5.74, 6) is 0.593. The lowest BCUT2D eigenvalue weighted by Gasteiger charge is -1.90. The van der Waals surface area contributed by atoms with E-state index in [0.29, 0.717) is 5.92 Å². The van der Waals surface area contributed by atoms with Crippen LogP contribution in [0.2, 0.25) is 0 Å². The molecule has 0 rings (SSSR count). The Labute approximate surface area is 70.3 Å². The zero-order valence-electron chi connectivity index (χ0n) is 8.23. The van der Waals surface area contributed by atoms with Crippen molar-refractivity contribution in [3.05, 3.63) is 29.0 Å². The molecule has 0 bridgehead atoms. The lowest BCUT2D eigenvalue weighted by Crippen LogP contribution is -1.75. The highest BCUT2D eigenvalue weighted by Crippen LogP contribution is 2.00. The van der Waals surface area contributed by atoms with Gasteiger partial charge in [0.2, 0.25) is 0 Å². The van der Waals surface area contributed by atoms with Gasteiger partial charge in [-0.15, -0.1) is 5.73 Å². The number of rotatable bonds is 2. The summed E-state index contributed by atoms with van der Waals surface area (Å²) < 4.78 is 0. The van der Waals surface area contributed by atoms with Crippen molar-refractivity contribution in [1.29, 1.82) is 0 Å². The highest BCUT2D eigenvalue weighted by molar-refractivity contribution is 5.18. The van der Waals surface area contributed by atoms with Crippen LogP contribution in [0.1, 0.15) is 34.6 Å². The van der Waals surface area contributed by atoms with Crippen molar-refractivity contribution < 1.29 is 0 Å². The Morgan fingerprint density at radius 2 is 1.73 bits per heavy atom. The van der Waals surface area contributed by atoms with E-state index < -0.39 is 0 Å². The Morgan fingerprint density at radius 1 is 1.18 bits per heavy atom.